The summed E-state index contributed by atoms with van der Waals surface area (Å²) in [6, 6.07) is 8.43. The van der Waals surface area contributed by atoms with Gasteiger partial charge in [-0.25, -0.2) is 0 Å². The molecule has 0 spiro atoms. The summed E-state index contributed by atoms with van der Waals surface area (Å²) in [5.74, 6) is 0.00284. The van der Waals surface area contributed by atoms with Gasteiger partial charge in [0.2, 0.25) is 0 Å². The largest absolute Gasteiger partial charge is 0.351 e. The van der Waals surface area contributed by atoms with E-state index in [1.54, 1.807) is 0 Å². The number of carbonyl (C=O) groups excluding carboxylic acids is 1. The van der Waals surface area contributed by atoms with Crippen molar-refractivity contribution in [1.29, 1.82) is 0 Å². The summed E-state index contributed by atoms with van der Waals surface area (Å²) in [4.78, 5) is 14.3. The number of rotatable bonds is 7. The van der Waals surface area contributed by atoms with Gasteiger partial charge < -0.3 is 16.0 Å². The molecule has 1 saturated carbocycles. The van der Waals surface area contributed by atoms with Gasteiger partial charge >= 0.3 is 0 Å². The molecule has 1 aromatic rings. The predicted octanol–water partition coefficient (Wildman–Crippen LogP) is 1.01. The number of amides is 1. The maximum atomic E-state index is 12.0. The molecule has 0 saturated heterocycles. The summed E-state index contributed by atoms with van der Waals surface area (Å²) < 4.78 is 0. The molecule has 0 aliphatic heterocycles. The monoisotopic (exact) mass is 261 g/mol. The van der Waals surface area contributed by atoms with Crippen molar-refractivity contribution in [2.75, 3.05) is 26.7 Å². The summed E-state index contributed by atoms with van der Waals surface area (Å²) in [7, 11) is 2.12. The SMILES string of the molecule is CN(CCNC(=O)c1cccc(CCN)c1)C1CC1. The minimum Gasteiger partial charge on any atom is -0.351 e. The molecule has 4 nitrogen and oxygen atoms in total. The van der Waals surface area contributed by atoms with Crippen LogP contribution >= 0.6 is 0 Å². The number of hydrogen-bond donors (Lipinski definition) is 2. The second-order valence-electron chi connectivity index (χ2n) is 5.21. The van der Waals surface area contributed by atoms with Crippen molar-refractivity contribution in [3.05, 3.63) is 35.4 Å². The van der Waals surface area contributed by atoms with E-state index in [0.717, 1.165) is 30.1 Å². The second-order valence-corrected chi connectivity index (χ2v) is 5.21. The van der Waals surface area contributed by atoms with E-state index in [4.69, 9.17) is 5.73 Å². The normalized spacial score (nSPS) is 14.7. The third-order valence-electron chi connectivity index (χ3n) is 3.54. The number of nitrogens with one attached hydrogen (secondary N) is 1. The van der Waals surface area contributed by atoms with E-state index in [-0.39, 0.29) is 5.91 Å². The molecule has 2 rings (SSSR count). The Morgan fingerprint density at radius 2 is 2.26 bits per heavy atom. The van der Waals surface area contributed by atoms with Crippen LogP contribution in [0, 0.1) is 0 Å². The average molecular weight is 261 g/mol. The molecule has 1 aromatic carbocycles. The molecule has 0 unspecified atom stereocenters. The van der Waals surface area contributed by atoms with Gasteiger partial charge in [0.05, 0.1) is 0 Å². The van der Waals surface area contributed by atoms with Crippen molar-refractivity contribution in [2.45, 2.75) is 25.3 Å². The zero-order chi connectivity index (χ0) is 13.7. The molecule has 1 amide bonds. The Morgan fingerprint density at radius 1 is 1.47 bits per heavy atom. The molecule has 1 fully saturated rings. The Balaban J connectivity index is 1.79. The molecule has 1 aliphatic carbocycles. The lowest BCUT2D eigenvalue weighted by Crippen LogP contribution is -2.34. The smallest absolute Gasteiger partial charge is 0.251 e. The van der Waals surface area contributed by atoms with Crippen molar-refractivity contribution in [2.24, 2.45) is 5.73 Å². The average Bonchev–Trinajstić information content (AvgIpc) is 3.23. The zero-order valence-electron chi connectivity index (χ0n) is 11.6. The van der Waals surface area contributed by atoms with Crippen LogP contribution in [0.2, 0.25) is 0 Å². The Hall–Kier alpha value is -1.39. The zero-order valence-corrected chi connectivity index (χ0v) is 11.6. The van der Waals surface area contributed by atoms with Crippen LogP contribution in [-0.4, -0.2) is 43.5 Å². The molecule has 4 heteroatoms. The van der Waals surface area contributed by atoms with Crippen LogP contribution in [0.4, 0.5) is 0 Å². The van der Waals surface area contributed by atoms with E-state index in [0.29, 0.717) is 13.1 Å². The number of hydrogen-bond acceptors (Lipinski definition) is 3. The number of nitrogens with two attached hydrogens (primary N) is 1. The Kier molecular flexibility index (Phi) is 4.93. The van der Waals surface area contributed by atoms with Crippen LogP contribution in [0.3, 0.4) is 0 Å². The molecule has 3 N–H and O–H groups in total. The van der Waals surface area contributed by atoms with Crippen molar-refractivity contribution < 1.29 is 4.79 Å². The van der Waals surface area contributed by atoms with Crippen LogP contribution in [0.15, 0.2) is 24.3 Å². The number of carbonyl (C=O) groups is 1. The van der Waals surface area contributed by atoms with Gasteiger partial charge in [0, 0.05) is 24.7 Å². The topological polar surface area (TPSA) is 58.4 Å². The Bertz CT molecular complexity index is 429. The lowest BCUT2D eigenvalue weighted by atomic mass is 10.1. The fourth-order valence-electron chi connectivity index (χ4n) is 2.18. The first-order valence-corrected chi connectivity index (χ1v) is 6.98. The number of nitrogens with zero attached hydrogens (tertiary/aromatic N) is 1. The molecule has 1 aliphatic rings. The molecular weight excluding hydrogens is 238 g/mol. The van der Waals surface area contributed by atoms with Gasteiger partial charge in [0.25, 0.3) is 5.91 Å². The van der Waals surface area contributed by atoms with Gasteiger partial charge in [-0.1, -0.05) is 12.1 Å². The predicted molar refractivity (Wildman–Crippen MR) is 77.2 cm³/mol. The maximum Gasteiger partial charge on any atom is 0.251 e. The number of benzene rings is 1. The highest BCUT2D eigenvalue weighted by molar-refractivity contribution is 5.94. The Morgan fingerprint density at radius 3 is 2.95 bits per heavy atom. The summed E-state index contributed by atoms with van der Waals surface area (Å²) in [5.41, 5.74) is 7.37. The summed E-state index contributed by atoms with van der Waals surface area (Å²) >= 11 is 0. The molecule has 0 radical (unpaired) electrons. The van der Waals surface area contributed by atoms with Gasteiger partial charge in [-0.2, -0.15) is 0 Å². The van der Waals surface area contributed by atoms with Gasteiger partial charge in [-0.3, -0.25) is 4.79 Å². The molecule has 0 bridgehead atoms. The molecule has 19 heavy (non-hydrogen) atoms. The minimum atomic E-state index is 0.00284. The summed E-state index contributed by atoms with van der Waals surface area (Å²) in [6.45, 7) is 2.23. The first-order chi connectivity index (χ1) is 9.20. The summed E-state index contributed by atoms with van der Waals surface area (Å²) in [6.07, 6.45) is 3.41. The fourth-order valence-corrected chi connectivity index (χ4v) is 2.18. The van der Waals surface area contributed by atoms with E-state index in [1.807, 2.05) is 24.3 Å². The first kappa shape index (κ1) is 14.0. The van der Waals surface area contributed by atoms with Crippen molar-refractivity contribution in [3.8, 4) is 0 Å². The van der Waals surface area contributed by atoms with E-state index in [9.17, 15) is 4.79 Å². The molecule has 0 atom stereocenters. The fraction of sp³-hybridized carbons (Fsp3) is 0.533. The molecule has 0 aromatic heterocycles. The van der Waals surface area contributed by atoms with E-state index >= 15 is 0 Å². The molecular formula is C15H23N3O. The van der Waals surface area contributed by atoms with Crippen LogP contribution in [0.5, 0.6) is 0 Å². The van der Waals surface area contributed by atoms with Gasteiger partial charge in [0.1, 0.15) is 0 Å². The highest BCUT2D eigenvalue weighted by atomic mass is 16.1. The van der Waals surface area contributed by atoms with Crippen molar-refractivity contribution in [3.63, 3.8) is 0 Å². The third-order valence-corrected chi connectivity index (χ3v) is 3.54. The quantitative estimate of drug-likeness (QED) is 0.770. The van der Waals surface area contributed by atoms with Crippen molar-refractivity contribution in [1.82, 2.24) is 10.2 Å². The molecule has 104 valence electrons. The lowest BCUT2D eigenvalue weighted by molar-refractivity contribution is 0.0949. The highest BCUT2D eigenvalue weighted by Crippen LogP contribution is 2.24. The van der Waals surface area contributed by atoms with Crippen LogP contribution in [0.25, 0.3) is 0 Å². The standard InChI is InChI=1S/C15H23N3O/c1-18(14-5-6-14)10-9-17-15(19)13-4-2-3-12(11-13)7-8-16/h2-4,11,14H,5-10,16H2,1H3,(H,17,19). The minimum absolute atomic E-state index is 0.00284. The highest BCUT2D eigenvalue weighted by Gasteiger charge is 2.25. The molecule has 0 heterocycles. The summed E-state index contributed by atoms with van der Waals surface area (Å²) in [5, 5.41) is 2.97. The van der Waals surface area contributed by atoms with Crippen LogP contribution in [0.1, 0.15) is 28.8 Å². The number of likely N-dealkylation sites (N-methyl/N-ethyl adjacent to an activating group) is 1. The maximum absolute atomic E-state index is 12.0. The van der Waals surface area contributed by atoms with Gasteiger partial charge in [0.15, 0.2) is 0 Å². The Labute approximate surface area is 115 Å². The van der Waals surface area contributed by atoms with Crippen molar-refractivity contribution >= 4 is 5.91 Å². The third kappa shape index (κ3) is 4.33. The van der Waals surface area contributed by atoms with Gasteiger partial charge in [-0.05, 0) is 50.6 Å². The van der Waals surface area contributed by atoms with E-state index < -0.39 is 0 Å². The van der Waals surface area contributed by atoms with E-state index in [2.05, 4.69) is 17.3 Å². The second kappa shape index (κ2) is 6.68. The van der Waals surface area contributed by atoms with Gasteiger partial charge in [-0.15, -0.1) is 0 Å². The van der Waals surface area contributed by atoms with E-state index in [1.165, 1.54) is 12.8 Å². The van der Waals surface area contributed by atoms with Crippen LogP contribution in [-0.2, 0) is 6.42 Å². The lowest BCUT2D eigenvalue weighted by Gasteiger charge is -2.15. The van der Waals surface area contributed by atoms with Crippen LogP contribution < -0.4 is 11.1 Å². The first-order valence-electron chi connectivity index (χ1n) is 6.98.